The molecule has 0 aliphatic heterocycles. The van der Waals surface area contributed by atoms with Crippen LogP contribution in [0.5, 0.6) is 11.5 Å². The van der Waals surface area contributed by atoms with Crippen LogP contribution in [0.1, 0.15) is 37.5 Å². The van der Waals surface area contributed by atoms with Gasteiger partial charge >= 0.3 is 5.97 Å². The Morgan fingerprint density at radius 3 is 2.31 bits per heavy atom. The van der Waals surface area contributed by atoms with E-state index in [4.69, 9.17) is 9.47 Å². The van der Waals surface area contributed by atoms with Crippen LogP contribution < -0.4 is 4.74 Å². The zero-order valence-electron chi connectivity index (χ0n) is 19.9. The smallest absolute Gasteiger partial charge is 0.311 e. The molecule has 0 aliphatic carbocycles. The zero-order valence-corrected chi connectivity index (χ0v) is 20.7. The van der Waals surface area contributed by atoms with Gasteiger partial charge in [0.15, 0.2) is 4.90 Å². The van der Waals surface area contributed by atoms with Crippen LogP contribution in [0.15, 0.2) is 83.8 Å². The quantitative estimate of drug-likeness (QED) is 0.221. The summed E-state index contributed by atoms with van der Waals surface area (Å²) in [6.45, 7) is 3.85. The fourth-order valence-electron chi connectivity index (χ4n) is 3.32. The van der Waals surface area contributed by atoms with E-state index >= 15 is 0 Å². The Morgan fingerprint density at radius 1 is 1.00 bits per heavy atom. The molecule has 35 heavy (non-hydrogen) atoms. The SMILES string of the molecule is CC(C)C(CC#Cc1ccc([S+](C)[O-])cc1)C(=O)OC(C#N)c1cccc(Oc2ccccc2)c1. The second-order valence-electron chi connectivity index (χ2n) is 8.27. The third-order valence-electron chi connectivity index (χ3n) is 5.34. The summed E-state index contributed by atoms with van der Waals surface area (Å²) in [5, 5.41) is 9.70. The molecule has 0 aromatic heterocycles. The number of benzene rings is 3. The maximum absolute atomic E-state index is 13.0. The first-order chi connectivity index (χ1) is 16.9. The maximum atomic E-state index is 13.0. The van der Waals surface area contributed by atoms with Crippen LogP contribution in [0.2, 0.25) is 0 Å². The highest BCUT2D eigenvalue weighted by Crippen LogP contribution is 2.27. The van der Waals surface area contributed by atoms with Gasteiger partial charge in [0.1, 0.15) is 23.8 Å². The van der Waals surface area contributed by atoms with Gasteiger partial charge in [0.25, 0.3) is 0 Å². The predicted molar refractivity (Wildman–Crippen MR) is 136 cm³/mol. The van der Waals surface area contributed by atoms with Gasteiger partial charge in [-0.2, -0.15) is 5.26 Å². The van der Waals surface area contributed by atoms with E-state index in [0.29, 0.717) is 23.5 Å². The Balaban J connectivity index is 1.67. The number of nitrogens with zero attached hydrogens (tertiary/aromatic N) is 1. The van der Waals surface area contributed by atoms with Gasteiger partial charge < -0.3 is 14.0 Å². The largest absolute Gasteiger partial charge is 0.612 e. The normalized spacial score (nSPS) is 13.0. The molecular weight excluding hydrogens is 458 g/mol. The summed E-state index contributed by atoms with van der Waals surface area (Å²) in [6, 6.07) is 25.5. The lowest BCUT2D eigenvalue weighted by molar-refractivity contribution is -0.153. The minimum Gasteiger partial charge on any atom is -0.612 e. The average molecular weight is 486 g/mol. The first-order valence-corrected chi connectivity index (χ1v) is 12.8. The number of hydrogen-bond acceptors (Lipinski definition) is 5. The number of rotatable bonds is 8. The molecule has 5 nitrogen and oxygen atoms in total. The predicted octanol–water partition coefficient (Wildman–Crippen LogP) is 6.04. The molecule has 3 aromatic rings. The van der Waals surface area contributed by atoms with Crippen molar-refractivity contribution in [2.75, 3.05) is 6.26 Å². The summed E-state index contributed by atoms with van der Waals surface area (Å²) in [5.41, 5.74) is 1.32. The molecule has 0 heterocycles. The van der Waals surface area contributed by atoms with Crippen molar-refractivity contribution in [1.82, 2.24) is 0 Å². The van der Waals surface area contributed by atoms with E-state index in [1.807, 2.05) is 56.3 Å². The summed E-state index contributed by atoms with van der Waals surface area (Å²) < 4.78 is 23.0. The summed E-state index contributed by atoms with van der Waals surface area (Å²) >= 11 is -1.04. The van der Waals surface area contributed by atoms with Crippen LogP contribution >= 0.6 is 0 Å². The molecule has 0 saturated heterocycles. The summed E-state index contributed by atoms with van der Waals surface area (Å²) in [6.07, 6.45) is 0.868. The van der Waals surface area contributed by atoms with Crippen molar-refractivity contribution in [3.63, 3.8) is 0 Å². The van der Waals surface area contributed by atoms with Crippen molar-refractivity contribution in [3.8, 4) is 29.4 Å². The molecule has 0 saturated carbocycles. The van der Waals surface area contributed by atoms with Crippen molar-refractivity contribution in [1.29, 1.82) is 5.26 Å². The van der Waals surface area contributed by atoms with Crippen molar-refractivity contribution in [3.05, 3.63) is 90.0 Å². The molecule has 3 atom stereocenters. The van der Waals surface area contributed by atoms with Gasteiger partial charge in [0, 0.05) is 17.5 Å². The van der Waals surface area contributed by atoms with Crippen LogP contribution in [-0.2, 0) is 20.7 Å². The first-order valence-electron chi connectivity index (χ1n) is 11.2. The Morgan fingerprint density at radius 2 is 1.69 bits per heavy atom. The number of carbonyl (C=O) groups is 1. The topological polar surface area (TPSA) is 82.4 Å². The number of hydrogen-bond donors (Lipinski definition) is 0. The van der Waals surface area contributed by atoms with Crippen molar-refractivity contribution in [2.24, 2.45) is 11.8 Å². The van der Waals surface area contributed by atoms with E-state index in [2.05, 4.69) is 17.9 Å². The number of nitriles is 1. The number of esters is 1. The number of carbonyl (C=O) groups excluding carboxylic acids is 1. The minimum absolute atomic E-state index is 0.0196. The highest BCUT2D eigenvalue weighted by molar-refractivity contribution is 7.90. The molecule has 178 valence electrons. The van der Waals surface area contributed by atoms with E-state index in [9.17, 15) is 14.6 Å². The van der Waals surface area contributed by atoms with Gasteiger partial charge in [-0.05, 0) is 65.6 Å². The van der Waals surface area contributed by atoms with Gasteiger partial charge in [0.2, 0.25) is 6.10 Å². The fraction of sp³-hybridized carbons (Fsp3) is 0.241. The molecule has 0 fully saturated rings. The average Bonchev–Trinajstić information content (AvgIpc) is 2.86. The third kappa shape index (κ3) is 7.65. The lowest BCUT2D eigenvalue weighted by Crippen LogP contribution is -2.24. The molecule has 0 bridgehead atoms. The van der Waals surface area contributed by atoms with E-state index < -0.39 is 29.2 Å². The summed E-state index contributed by atoms with van der Waals surface area (Å²) in [5.74, 6) is 6.35. The molecule has 6 heteroatoms. The highest BCUT2D eigenvalue weighted by Gasteiger charge is 2.26. The van der Waals surface area contributed by atoms with E-state index in [1.165, 1.54) is 0 Å². The van der Waals surface area contributed by atoms with Crippen molar-refractivity contribution >= 4 is 17.1 Å². The second-order valence-corrected chi connectivity index (χ2v) is 9.65. The van der Waals surface area contributed by atoms with Crippen LogP contribution in [0.3, 0.4) is 0 Å². The van der Waals surface area contributed by atoms with Crippen LogP contribution in [-0.4, -0.2) is 16.8 Å². The molecule has 0 aliphatic rings. The van der Waals surface area contributed by atoms with Crippen LogP contribution in [0.25, 0.3) is 0 Å². The Bertz CT molecular complexity index is 1220. The molecule has 0 amide bonds. The number of ether oxygens (including phenoxy) is 2. The minimum atomic E-state index is -1.06. The number of para-hydroxylation sites is 1. The lowest BCUT2D eigenvalue weighted by Gasteiger charge is -2.20. The maximum Gasteiger partial charge on any atom is 0.311 e. The molecule has 3 unspecified atom stereocenters. The lowest BCUT2D eigenvalue weighted by atomic mass is 9.92. The van der Waals surface area contributed by atoms with Gasteiger partial charge in [-0.1, -0.05) is 56.0 Å². The third-order valence-corrected chi connectivity index (χ3v) is 6.28. The summed E-state index contributed by atoms with van der Waals surface area (Å²) in [4.78, 5) is 13.7. The van der Waals surface area contributed by atoms with Crippen LogP contribution in [0, 0.1) is 35.0 Å². The molecule has 0 spiro atoms. The van der Waals surface area contributed by atoms with E-state index in [-0.39, 0.29) is 5.92 Å². The molecule has 0 N–H and O–H groups in total. The van der Waals surface area contributed by atoms with Gasteiger partial charge in [-0.25, -0.2) is 0 Å². The van der Waals surface area contributed by atoms with Crippen LogP contribution in [0.4, 0.5) is 0 Å². The Labute approximate surface area is 209 Å². The zero-order chi connectivity index (χ0) is 25.2. The van der Waals surface area contributed by atoms with Crippen molar-refractivity contribution < 1.29 is 18.8 Å². The Hall–Kier alpha value is -3.71. The van der Waals surface area contributed by atoms with Gasteiger partial charge in [-0.15, -0.1) is 0 Å². The molecular formula is C29H27NO4S. The first kappa shape index (κ1) is 25.9. The molecule has 3 rings (SSSR count). The van der Waals surface area contributed by atoms with Gasteiger partial charge in [-0.3, -0.25) is 4.79 Å². The second kappa shape index (κ2) is 12.7. The van der Waals surface area contributed by atoms with E-state index in [0.717, 1.165) is 10.5 Å². The molecule has 3 aromatic carbocycles. The Kier molecular flexibility index (Phi) is 9.38. The monoisotopic (exact) mass is 485 g/mol. The fourth-order valence-corrected chi connectivity index (χ4v) is 3.84. The van der Waals surface area contributed by atoms with Gasteiger partial charge in [0.05, 0.1) is 5.92 Å². The standard InChI is InChI=1S/C29H27NO4S/c1-21(2)27(14-7-9-22-15-17-26(18-16-22)35(3)32)29(31)34-28(20-30)23-10-8-13-25(19-23)33-24-11-5-4-6-12-24/h4-6,8,10-13,15-19,21,27-28H,14H2,1-3H3. The van der Waals surface area contributed by atoms with Crippen molar-refractivity contribution in [2.45, 2.75) is 31.3 Å². The molecule has 0 radical (unpaired) electrons. The highest BCUT2D eigenvalue weighted by atomic mass is 32.2. The summed E-state index contributed by atoms with van der Waals surface area (Å²) in [7, 11) is 0. The van der Waals surface area contributed by atoms with E-state index in [1.54, 1.807) is 42.7 Å².